The molecule has 0 aromatic heterocycles. The number of benzene rings is 1. The lowest BCUT2D eigenvalue weighted by molar-refractivity contribution is -0.384. The number of unbranched alkanes of at least 4 members (excludes halogenated alkanes) is 1. The summed E-state index contributed by atoms with van der Waals surface area (Å²) in [6, 6.07) is 6.73. The third kappa shape index (κ3) is 7.25. The zero-order chi connectivity index (χ0) is 19.6. The monoisotopic (exact) mass is 504 g/mol. The van der Waals surface area contributed by atoms with E-state index in [1.54, 1.807) is 19.2 Å². The minimum atomic E-state index is -0.382. The van der Waals surface area contributed by atoms with E-state index in [9.17, 15) is 14.9 Å². The summed E-state index contributed by atoms with van der Waals surface area (Å²) in [7, 11) is 3.21. The summed E-state index contributed by atoms with van der Waals surface area (Å²) in [5.74, 6) is 0.739. The Labute approximate surface area is 182 Å². The summed E-state index contributed by atoms with van der Waals surface area (Å²) in [6.07, 6.45) is 4.44. The molecular formula is C19H29IN4O4. The molecular weight excluding hydrogens is 475 g/mol. The van der Waals surface area contributed by atoms with Gasteiger partial charge in [-0.2, -0.15) is 0 Å². The molecule has 156 valence electrons. The van der Waals surface area contributed by atoms with Gasteiger partial charge in [0.05, 0.1) is 18.0 Å². The number of halogens is 1. The number of aliphatic imine (C=N–C) groups is 1. The maximum atomic E-state index is 11.6. The van der Waals surface area contributed by atoms with Crippen LogP contribution in [0.15, 0.2) is 29.3 Å². The summed E-state index contributed by atoms with van der Waals surface area (Å²) in [5.41, 5.74) is 1.23. The van der Waals surface area contributed by atoms with Crippen LogP contribution in [0.3, 0.4) is 0 Å². The average Bonchev–Trinajstić information content (AvgIpc) is 2.70. The Bertz CT molecular complexity index is 658. The second kappa shape index (κ2) is 12.5. The lowest BCUT2D eigenvalue weighted by Crippen LogP contribution is -2.46. The van der Waals surface area contributed by atoms with Gasteiger partial charge in [0.25, 0.3) is 5.69 Å². The van der Waals surface area contributed by atoms with Crippen molar-refractivity contribution >= 4 is 41.6 Å². The molecule has 1 N–H and O–H groups in total. The van der Waals surface area contributed by atoms with Gasteiger partial charge < -0.3 is 15.0 Å². The number of esters is 1. The number of likely N-dealkylation sites (tertiary alicyclic amines) is 1. The molecule has 0 spiro atoms. The lowest BCUT2D eigenvalue weighted by Gasteiger charge is -2.33. The molecule has 2 rings (SSSR count). The van der Waals surface area contributed by atoms with Gasteiger partial charge in [0, 0.05) is 38.8 Å². The number of ether oxygens (including phenoxy) is 1. The SMILES string of the molecule is CN=C(NCCCCc1ccc([N+](=O)[O-])cc1)N1CCC(C(=O)OC)CC1.I. The summed E-state index contributed by atoms with van der Waals surface area (Å²) in [4.78, 5) is 28.4. The van der Waals surface area contributed by atoms with Gasteiger partial charge in [-0.3, -0.25) is 19.9 Å². The molecule has 1 aromatic carbocycles. The molecule has 0 saturated carbocycles. The van der Waals surface area contributed by atoms with Crippen molar-refractivity contribution in [1.82, 2.24) is 10.2 Å². The Balaban J connectivity index is 0.00000392. The number of nitro groups is 1. The summed E-state index contributed by atoms with van der Waals surface area (Å²) < 4.78 is 4.82. The van der Waals surface area contributed by atoms with Crippen LogP contribution in [0.5, 0.6) is 0 Å². The third-order valence-electron chi connectivity index (χ3n) is 4.86. The molecule has 1 aliphatic heterocycles. The molecule has 1 saturated heterocycles. The number of carbonyl (C=O) groups excluding carboxylic acids is 1. The highest BCUT2D eigenvalue weighted by Gasteiger charge is 2.26. The van der Waals surface area contributed by atoms with Crippen LogP contribution in [0.4, 0.5) is 5.69 Å². The number of guanidine groups is 1. The molecule has 9 heteroatoms. The number of nitrogens with one attached hydrogen (secondary N) is 1. The van der Waals surface area contributed by atoms with Crippen molar-refractivity contribution in [3.8, 4) is 0 Å². The molecule has 1 aromatic rings. The van der Waals surface area contributed by atoms with E-state index in [4.69, 9.17) is 4.74 Å². The van der Waals surface area contributed by atoms with Crippen molar-refractivity contribution < 1.29 is 14.5 Å². The predicted molar refractivity (Wildman–Crippen MR) is 119 cm³/mol. The number of piperidine rings is 1. The lowest BCUT2D eigenvalue weighted by atomic mass is 9.97. The van der Waals surface area contributed by atoms with E-state index in [1.807, 2.05) is 12.1 Å². The molecule has 0 amide bonds. The second-order valence-electron chi connectivity index (χ2n) is 6.64. The first-order valence-corrected chi connectivity index (χ1v) is 9.32. The largest absolute Gasteiger partial charge is 0.469 e. The van der Waals surface area contributed by atoms with Crippen molar-refractivity contribution in [2.45, 2.75) is 32.1 Å². The fourth-order valence-corrected chi connectivity index (χ4v) is 3.26. The average molecular weight is 504 g/mol. The molecule has 0 atom stereocenters. The Morgan fingerprint density at radius 2 is 1.93 bits per heavy atom. The van der Waals surface area contributed by atoms with E-state index in [2.05, 4.69) is 15.2 Å². The van der Waals surface area contributed by atoms with E-state index >= 15 is 0 Å². The summed E-state index contributed by atoms with van der Waals surface area (Å²) in [6.45, 7) is 2.40. The molecule has 0 bridgehead atoms. The fraction of sp³-hybridized carbons (Fsp3) is 0.579. The van der Waals surface area contributed by atoms with Gasteiger partial charge in [0.1, 0.15) is 0 Å². The Morgan fingerprint density at radius 3 is 2.46 bits per heavy atom. The topological polar surface area (TPSA) is 97.1 Å². The molecule has 0 aliphatic carbocycles. The first-order chi connectivity index (χ1) is 13.0. The highest BCUT2D eigenvalue weighted by Crippen LogP contribution is 2.18. The molecule has 28 heavy (non-hydrogen) atoms. The number of nitrogens with zero attached hydrogens (tertiary/aromatic N) is 3. The number of hydrogen-bond acceptors (Lipinski definition) is 5. The van der Waals surface area contributed by atoms with Gasteiger partial charge in [0.2, 0.25) is 0 Å². The van der Waals surface area contributed by atoms with Gasteiger partial charge in [-0.1, -0.05) is 12.1 Å². The number of aryl methyl sites for hydroxylation is 1. The number of methoxy groups -OCH3 is 1. The number of hydrogen-bond donors (Lipinski definition) is 1. The van der Waals surface area contributed by atoms with Crippen LogP contribution < -0.4 is 5.32 Å². The first-order valence-electron chi connectivity index (χ1n) is 9.32. The van der Waals surface area contributed by atoms with Crippen molar-refractivity contribution in [1.29, 1.82) is 0 Å². The molecule has 1 fully saturated rings. The Morgan fingerprint density at radius 1 is 1.29 bits per heavy atom. The fourth-order valence-electron chi connectivity index (χ4n) is 3.26. The van der Waals surface area contributed by atoms with Crippen LogP contribution in [0.2, 0.25) is 0 Å². The number of carbonyl (C=O) groups is 1. The number of non-ortho nitro benzene ring substituents is 1. The highest BCUT2D eigenvalue weighted by molar-refractivity contribution is 14.0. The number of rotatable bonds is 7. The Hall–Kier alpha value is -1.91. The van der Waals surface area contributed by atoms with Crippen LogP contribution in [-0.4, -0.2) is 55.5 Å². The molecule has 0 unspecified atom stereocenters. The van der Waals surface area contributed by atoms with Crippen molar-refractivity contribution in [2.75, 3.05) is 33.8 Å². The minimum absolute atomic E-state index is 0. The van der Waals surface area contributed by atoms with Crippen molar-refractivity contribution in [2.24, 2.45) is 10.9 Å². The van der Waals surface area contributed by atoms with Gasteiger partial charge in [0.15, 0.2) is 5.96 Å². The minimum Gasteiger partial charge on any atom is -0.469 e. The predicted octanol–water partition coefficient (Wildman–Crippen LogP) is 3.00. The van der Waals surface area contributed by atoms with Crippen LogP contribution in [0.1, 0.15) is 31.2 Å². The van der Waals surface area contributed by atoms with Gasteiger partial charge in [-0.25, -0.2) is 0 Å². The van der Waals surface area contributed by atoms with Crippen LogP contribution in [0, 0.1) is 16.0 Å². The van der Waals surface area contributed by atoms with Crippen LogP contribution in [0.25, 0.3) is 0 Å². The number of nitro benzene ring substituents is 1. The molecule has 1 aliphatic rings. The summed E-state index contributed by atoms with van der Waals surface area (Å²) >= 11 is 0. The van der Waals surface area contributed by atoms with Gasteiger partial charge in [-0.05, 0) is 37.7 Å². The van der Waals surface area contributed by atoms with E-state index in [1.165, 1.54) is 7.11 Å². The van der Waals surface area contributed by atoms with Crippen molar-refractivity contribution in [3.63, 3.8) is 0 Å². The Kier molecular flexibility index (Phi) is 10.8. The maximum absolute atomic E-state index is 11.6. The zero-order valence-corrected chi connectivity index (χ0v) is 18.8. The van der Waals surface area contributed by atoms with E-state index in [0.29, 0.717) is 0 Å². The summed E-state index contributed by atoms with van der Waals surface area (Å²) in [5, 5.41) is 14.0. The molecule has 8 nitrogen and oxygen atoms in total. The second-order valence-corrected chi connectivity index (χ2v) is 6.64. The smallest absolute Gasteiger partial charge is 0.308 e. The van der Waals surface area contributed by atoms with Gasteiger partial charge >= 0.3 is 5.97 Å². The molecule has 0 radical (unpaired) electrons. The normalized spacial score (nSPS) is 14.9. The molecule has 1 heterocycles. The first kappa shape index (κ1) is 24.1. The van der Waals surface area contributed by atoms with E-state index in [0.717, 1.165) is 63.3 Å². The van der Waals surface area contributed by atoms with E-state index < -0.39 is 0 Å². The van der Waals surface area contributed by atoms with Crippen LogP contribution in [-0.2, 0) is 16.0 Å². The third-order valence-corrected chi connectivity index (χ3v) is 4.86. The highest BCUT2D eigenvalue weighted by atomic mass is 127. The van der Waals surface area contributed by atoms with Crippen LogP contribution >= 0.6 is 24.0 Å². The quantitative estimate of drug-likeness (QED) is 0.117. The standard InChI is InChI=1S/C19H28N4O4.HI/c1-20-19(22-13-10-16(11-14-22)18(24)27-2)21-12-4-3-5-15-6-8-17(9-7-15)23(25)26;/h6-9,16H,3-5,10-14H2,1-2H3,(H,20,21);1H. The van der Waals surface area contributed by atoms with E-state index in [-0.39, 0.29) is 46.5 Å². The zero-order valence-electron chi connectivity index (χ0n) is 16.4. The van der Waals surface area contributed by atoms with Gasteiger partial charge in [-0.15, -0.1) is 24.0 Å². The van der Waals surface area contributed by atoms with Crippen molar-refractivity contribution in [3.05, 3.63) is 39.9 Å². The maximum Gasteiger partial charge on any atom is 0.308 e.